The number of nitrogens with zero attached hydrogens (tertiary/aromatic N) is 2. The van der Waals surface area contributed by atoms with Crippen LogP contribution in [0.5, 0.6) is 0 Å². The molecule has 0 radical (unpaired) electrons. The maximum absolute atomic E-state index is 5.39. The van der Waals surface area contributed by atoms with Gasteiger partial charge < -0.3 is 10.1 Å². The minimum atomic E-state index is 0.518. The van der Waals surface area contributed by atoms with Crippen LogP contribution in [0.2, 0.25) is 0 Å². The second-order valence-electron chi connectivity index (χ2n) is 3.82. The molecule has 78 valence electrons. The van der Waals surface area contributed by atoms with E-state index < -0.39 is 0 Å². The maximum Gasteiger partial charge on any atom is 0.0619 e. The molecule has 1 aliphatic rings. The summed E-state index contributed by atoms with van der Waals surface area (Å²) in [4.78, 5) is 0. The fourth-order valence-electron chi connectivity index (χ4n) is 1.73. The summed E-state index contributed by atoms with van der Waals surface area (Å²) in [5, 5.41) is 7.60. The molecule has 0 aromatic carbocycles. The van der Waals surface area contributed by atoms with E-state index in [0.717, 1.165) is 19.8 Å². The van der Waals surface area contributed by atoms with E-state index in [2.05, 4.69) is 10.4 Å². The highest BCUT2D eigenvalue weighted by atomic mass is 16.5. The Balaban J connectivity index is 1.76. The summed E-state index contributed by atoms with van der Waals surface area (Å²) in [5.74, 6) is 0. The van der Waals surface area contributed by atoms with Gasteiger partial charge in [0, 0.05) is 38.0 Å². The van der Waals surface area contributed by atoms with Gasteiger partial charge in [-0.15, -0.1) is 0 Å². The Morgan fingerprint density at radius 1 is 1.71 bits per heavy atom. The zero-order valence-corrected chi connectivity index (χ0v) is 8.57. The summed E-state index contributed by atoms with van der Waals surface area (Å²) in [7, 11) is 1.94. The molecule has 1 N–H and O–H groups in total. The largest absolute Gasteiger partial charge is 0.380 e. The van der Waals surface area contributed by atoms with Crippen molar-refractivity contribution in [1.82, 2.24) is 15.1 Å². The quantitative estimate of drug-likeness (QED) is 0.771. The van der Waals surface area contributed by atoms with Gasteiger partial charge in [0.15, 0.2) is 0 Å². The van der Waals surface area contributed by atoms with Gasteiger partial charge in [0.05, 0.1) is 12.8 Å². The van der Waals surface area contributed by atoms with E-state index in [4.69, 9.17) is 4.74 Å². The van der Waals surface area contributed by atoms with E-state index in [1.807, 2.05) is 24.1 Å². The number of ether oxygens (including phenoxy) is 1. The van der Waals surface area contributed by atoms with Crippen molar-refractivity contribution in [2.45, 2.75) is 25.4 Å². The van der Waals surface area contributed by atoms with Crippen LogP contribution in [-0.2, 0) is 18.3 Å². The molecule has 1 aromatic heterocycles. The molecule has 1 unspecified atom stereocenters. The third kappa shape index (κ3) is 2.56. The molecular weight excluding hydrogens is 178 g/mol. The Labute approximate surface area is 84.3 Å². The van der Waals surface area contributed by atoms with Crippen LogP contribution in [-0.4, -0.2) is 29.0 Å². The normalized spacial score (nSPS) is 22.5. The van der Waals surface area contributed by atoms with Gasteiger partial charge in [-0.2, -0.15) is 5.10 Å². The molecule has 4 heteroatoms. The van der Waals surface area contributed by atoms with E-state index in [1.165, 1.54) is 18.4 Å². The van der Waals surface area contributed by atoms with Crippen LogP contribution < -0.4 is 5.32 Å². The van der Waals surface area contributed by atoms with Crippen molar-refractivity contribution in [3.05, 3.63) is 18.0 Å². The Kier molecular flexibility index (Phi) is 3.16. The maximum atomic E-state index is 5.39. The molecule has 2 heterocycles. The average molecular weight is 195 g/mol. The van der Waals surface area contributed by atoms with Crippen LogP contribution in [0.4, 0.5) is 0 Å². The fourth-order valence-corrected chi connectivity index (χ4v) is 1.73. The molecule has 0 saturated carbocycles. The molecule has 1 saturated heterocycles. The lowest BCUT2D eigenvalue weighted by molar-refractivity contribution is 0.0699. The van der Waals surface area contributed by atoms with E-state index in [1.54, 1.807) is 0 Å². The smallest absolute Gasteiger partial charge is 0.0619 e. The van der Waals surface area contributed by atoms with Gasteiger partial charge in [-0.25, -0.2) is 0 Å². The summed E-state index contributed by atoms with van der Waals surface area (Å²) < 4.78 is 7.22. The van der Waals surface area contributed by atoms with Gasteiger partial charge in [-0.3, -0.25) is 4.68 Å². The molecule has 0 bridgehead atoms. The number of aromatic nitrogens is 2. The molecular formula is C10H17N3O. The molecule has 14 heavy (non-hydrogen) atoms. The molecule has 0 amide bonds. The zero-order valence-electron chi connectivity index (χ0n) is 8.57. The van der Waals surface area contributed by atoms with Crippen LogP contribution in [0.3, 0.4) is 0 Å². The van der Waals surface area contributed by atoms with Crippen molar-refractivity contribution >= 4 is 0 Å². The first-order valence-electron chi connectivity index (χ1n) is 5.13. The van der Waals surface area contributed by atoms with Gasteiger partial charge >= 0.3 is 0 Å². The first-order valence-corrected chi connectivity index (χ1v) is 5.13. The first kappa shape index (κ1) is 9.68. The van der Waals surface area contributed by atoms with Gasteiger partial charge in [0.1, 0.15) is 0 Å². The minimum Gasteiger partial charge on any atom is -0.380 e. The van der Waals surface area contributed by atoms with Crippen molar-refractivity contribution in [3.63, 3.8) is 0 Å². The SMILES string of the molecule is Cn1cc(CNC2CCCOC2)cn1. The van der Waals surface area contributed by atoms with E-state index >= 15 is 0 Å². The lowest BCUT2D eigenvalue weighted by Crippen LogP contribution is -2.36. The lowest BCUT2D eigenvalue weighted by atomic mass is 10.1. The van der Waals surface area contributed by atoms with Crippen LogP contribution in [0.15, 0.2) is 12.4 Å². The molecule has 1 atom stereocenters. The third-order valence-electron chi connectivity index (χ3n) is 2.51. The van der Waals surface area contributed by atoms with Gasteiger partial charge in [-0.05, 0) is 12.8 Å². The topological polar surface area (TPSA) is 39.1 Å². The van der Waals surface area contributed by atoms with E-state index in [-0.39, 0.29) is 0 Å². The van der Waals surface area contributed by atoms with Crippen molar-refractivity contribution < 1.29 is 4.74 Å². The summed E-state index contributed by atoms with van der Waals surface area (Å²) >= 11 is 0. The van der Waals surface area contributed by atoms with Crippen LogP contribution in [0.25, 0.3) is 0 Å². The van der Waals surface area contributed by atoms with E-state index in [0.29, 0.717) is 6.04 Å². The highest BCUT2D eigenvalue weighted by Gasteiger charge is 2.12. The molecule has 4 nitrogen and oxygen atoms in total. The Morgan fingerprint density at radius 3 is 3.29 bits per heavy atom. The number of aryl methyl sites for hydroxylation is 1. The fraction of sp³-hybridized carbons (Fsp3) is 0.700. The Bertz CT molecular complexity index is 279. The summed E-state index contributed by atoms with van der Waals surface area (Å²) in [6.07, 6.45) is 6.33. The molecule has 1 aliphatic heterocycles. The van der Waals surface area contributed by atoms with Crippen molar-refractivity contribution in [2.24, 2.45) is 7.05 Å². The lowest BCUT2D eigenvalue weighted by Gasteiger charge is -2.22. The molecule has 2 rings (SSSR count). The highest BCUT2D eigenvalue weighted by molar-refractivity contribution is 5.03. The number of nitrogens with one attached hydrogen (secondary N) is 1. The minimum absolute atomic E-state index is 0.518. The van der Waals surface area contributed by atoms with Crippen LogP contribution >= 0.6 is 0 Å². The van der Waals surface area contributed by atoms with Crippen LogP contribution in [0.1, 0.15) is 18.4 Å². The second kappa shape index (κ2) is 4.57. The Hall–Kier alpha value is -0.870. The third-order valence-corrected chi connectivity index (χ3v) is 2.51. The van der Waals surface area contributed by atoms with Gasteiger partial charge in [-0.1, -0.05) is 0 Å². The summed E-state index contributed by atoms with van der Waals surface area (Å²) in [6.45, 7) is 2.66. The Morgan fingerprint density at radius 2 is 2.64 bits per heavy atom. The van der Waals surface area contributed by atoms with E-state index in [9.17, 15) is 0 Å². The summed E-state index contributed by atoms with van der Waals surface area (Å²) in [6, 6.07) is 0.518. The predicted molar refractivity (Wildman–Crippen MR) is 53.9 cm³/mol. The highest BCUT2D eigenvalue weighted by Crippen LogP contribution is 2.06. The van der Waals surface area contributed by atoms with Crippen LogP contribution in [0, 0.1) is 0 Å². The first-order chi connectivity index (χ1) is 6.84. The number of hydrogen-bond donors (Lipinski definition) is 1. The number of rotatable bonds is 3. The van der Waals surface area contributed by atoms with Crippen molar-refractivity contribution in [3.8, 4) is 0 Å². The molecule has 0 spiro atoms. The molecule has 1 fully saturated rings. The molecule has 0 aliphatic carbocycles. The number of hydrogen-bond acceptors (Lipinski definition) is 3. The zero-order chi connectivity index (χ0) is 9.80. The predicted octanol–water partition coefficient (Wildman–Crippen LogP) is 0.689. The standard InChI is InChI=1S/C10H17N3O/c1-13-7-9(6-12-13)5-11-10-3-2-4-14-8-10/h6-7,10-11H,2-5,8H2,1H3. The monoisotopic (exact) mass is 195 g/mol. The average Bonchev–Trinajstić information content (AvgIpc) is 2.63. The van der Waals surface area contributed by atoms with Crippen molar-refractivity contribution in [2.75, 3.05) is 13.2 Å². The second-order valence-corrected chi connectivity index (χ2v) is 3.82. The van der Waals surface area contributed by atoms with Gasteiger partial charge in [0.25, 0.3) is 0 Å². The van der Waals surface area contributed by atoms with Crippen molar-refractivity contribution in [1.29, 1.82) is 0 Å². The molecule has 1 aromatic rings. The summed E-state index contributed by atoms with van der Waals surface area (Å²) in [5.41, 5.74) is 1.23. The van der Waals surface area contributed by atoms with Gasteiger partial charge in [0.2, 0.25) is 0 Å².